The highest BCUT2D eigenvalue weighted by Crippen LogP contribution is 2.25. The van der Waals surface area contributed by atoms with Gasteiger partial charge in [-0.05, 0) is 40.2 Å². The maximum atomic E-state index is 12.0. The number of amides is 1. The molecule has 1 saturated heterocycles. The summed E-state index contributed by atoms with van der Waals surface area (Å²) in [7, 11) is 1.72. The zero-order valence-electron chi connectivity index (χ0n) is 15.5. The third-order valence-electron chi connectivity index (χ3n) is 4.32. The summed E-state index contributed by atoms with van der Waals surface area (Å²) in [6.07, 6.45) is 6.78. The summed E-state index contributed by atoms with van der Waals surface area (Å²) in [6, 6.07) is 0. The molecule has 136 valence electrons. The number of nitrogens with zero attached hydrogens (tertiary/aromatic N) is 3. The fraction of sp³-hybridized carbons (Fsp3) is 0.778. The van der Waals surface area contributed by atoms with Crippen LogP contribution in [0.4, 0.5) is 0 Å². The van der Waals surface area contributed by atoms with Crippen LogP contribution < -0.4 is 5.32 Å². The molecule has 1 amide bonds. The van der Waals surface area contributed by atoms with Gasteiger partial charge in [0.25, 0.3) is 0 Å². The zero-order valence-corrected chi connectivity index (χ0v) is 15.5. The van der Waals surface area contributed by atoms with Gasteiger partial charge in [-0.2, -0.15) is 0 Å². The molecule has 1 atom stereocenters. The van der Waals surface area contributed by atoms with Crippen LogP contribution in [0, 0.1) is 0 Å². The number of hydrogen-bond acceptors (Lipinski definition) is 4. The molecule has 1 aliphatic heterocycles. The van der Waals surface area contributed by atoms with E-state index in [9.17, 15) is 4.79 Å². The molecule has 1 fully saturated rings. The predicted octanol–water partition coefficient (Wildman–Crippen LogP) is 2.01. The molecule has 6 heteroatoms. The lowest BCUT2D eigenvalue weighted by Crippen LogP contribution is -2.43. The number of ether oxygens (including phenoxy) is 1. The molecule has 0 saturated carbocycles. The van der Waals surface area contributed by atoms with Gasteiger partial charge in [0, 0.05) is 57.0 Å². The van der Waals surface area contributed by atoms with E-state index >= 15 is 0 Å². The SMILES string of the molecule is COCCn1ccnc1C1CCCN(CCC(=O)NC(C)(C)C)C1. The first-order chi connectivity index (χ1) is 11.4. The summed E-state index contributed by atoms with van der Waals surface area (Å²) < 4.78 is 7.38. The van der Waals surface area contributed by atoms with Crippen molar-refractivity contribution in [3.05, 3.63) is 18.2 Å². The van der Waals surface area contributed by atoms with Crippen LogP contribution in [0.25, 0.3) is 0 Å². The van der Waals surface area contributed by atoms with Crippen molar-refractivity contribution < 1.29 is 9.53 Å². The number of carbonyl (C=O) groups is 1. The van der Waals surface area contributed by atoms with Crippen molar-refractivity contribution in [2.24, 2.45) is 0 Å². The number of likely N-dealkylation sites (tertiary alicyclic amines) is 1. The largest absolute Gasteiger partial charge is 0.383 e. The Kier molecular flexibility index (Phi) is 6.80. The molecule has 1 aliphatic rings. The minimum atomic E-state index is -0.159. The number of rotatable bonds is 7. The quantitative estimate of drug-likeness (QED) is 0.827. The van der Waals surface area contributed by atoms with Crippen molar-refractivity contribution in [2.45, 2.75) is 58.0 Å². The van der Waals surface area contributed by atoms with Crippen LogP contribution in [0.2, 0.25) is 0 Å². The van der Waals surface area contributed by atoms with Crippen molar-refractivity contribution >= 4 is 5.91 Å². The van der Waals surface area contributed by atoms with Crippen LogP contribution >= 0.6 is 0 Å². The van der Waals surface area contributed by atoms with E-state index < -0.39 is 0 Å². The third-order valence-corrected chi connectivity index (χ3v) is 4.32. The van der Waals surface area contributed by atoms with E-state index in [0.29, 0.717) is 18.9 Å². The molecule has 1 unspecified atom stereocenters. The lowest BCUT2D eigenvalue weighted by molar-refractivity contribution is -0.122. The van der Waals surface area contributed by atoms with Crippen molar-refractivity contribution in [1.29, 1.82) is 0 Å². The zero-order chi connectivity index (χ0) is 17.6. The minimum absolute atomic E-state index is 0.131. The van der Waals surface area contributed by atoms with Gasteiger partial charge in [-0.25, -0.2) is 4.98 Å². The Balaban J connectivity index is 1.86. The highest BCUT2D eigenvalue weighted by atomic mass is 16.5. The first-order valence-corrected chi connectivity index (χ1v) is 8.92. The van der Waals surface area contributed by atoms with Crippen LogP contribution in [0.3, 0.4) is 0 Å². The van der Waals surface area contributed by atoms with Crippen LogP contribution in [-0.4, -0.2) is 59.2 Å². The summed E-state index contributed by atoms with van der Waals surface area (Å²) in [5.41, 5.74) is -0.159. The normalized spacial score (nSPS) is 19.4. The van der Waals surface area contributed by atoms with Gasteiger partial charge in [0.2, 0.25) is 5.91 Å². The predicted molar refractivity (Wildman–Crippen MR) is 95.0 cm³/mol. The number of nitrogens with one attached hydrogen (secondary N) is 1. The number of hydrogen-bond donors (Lipinski definition) is 1. The number of piperidine rings is 1. The molecule has 6 nitrogen and oxygen atoms in total. The minimum Gasteiger partial charge on any atom is -0.383 e. The molecular formula is C18H32N4O2. The maximum absolute atomic E-state index is 12.0. The maximum Gasteiger partial charge on any atom is 0.221 e. The smallest absolute Gasteiger partial charge is 0.221 e. The fourth-order valence-corrected chi connectivity index (χ4v) is 3.27. The van der Waals surface area contributed by atoms with Crippen molar-refractivity contribution in [3.63, 3.8) is 0 Å². The van der Waals surface area contributed by atoms with Gasteiger partial charge in [0.1, 0.15) is 5.82 Å². The van der Waals surface area contributed by atoms with E-state index in [2.05, 4.69) is 19.8 Å². The van der Waals surface area contributed by atoms with Crippen LogP contribution in [0.1, 0.15) is 51.8 Å². The van der Waals surface area contributed by atoms with E-state index in [1.165, 1.54) is 0 Å². The second-order valence-corrected chi connectivity index (χ2v) is 7.66. The summed E-state index contributed by atoms with van der Waals surface area (Å²) in [5.74, 6) is 1.72. The molecule has 0 aliphatic carbocycles. The second kappa shape index (κ2) is 8.62. The molecule has 0 aromatic carbocycles. The number of methoxy groups -OCH3 is 1. The molecule has 1 aromatic heterocycles. The lowest BCUT2D eigenvalue weighted by atomic mass is 9.97. The molecule has 0 bridgehead atoms. The summed E-state index contributed by atoms with van der Waals surface area (Å²) >= 11 is 0. The Morgan fingerprint density at radius 1 is 1.42 bits per heavy atom. The van der Waals surface area contributed by atoms with Gasteiger partial charge < -0.3 is 19.5 Å². The number of aromatic nitrogens is 2. The molecule has 2 heterocycles. The van der Waals surface area contributed by atoms with Crippen LogP contribution in [0.5, 0.6) is 0 Å². The van der Waals surface area contributed by atoms with E-state index in [1.54, 1.807) is 7.11 Å². The summed E-state index contributed by atoms with van der Waals surface area (Å²) in [5, 5.41) is 3.03. The Bertz CT molecular complexity index is 521. The van der Waals surface area contributed by atoms with Crippen molar-refractivity contribution in [1.82, 2.24) is 19.8 Å². The molecule has 0 radical (unpaired) electrons. The molecule has 1 aromatic rings. The van der Waals surface area contributed by atoms with Crippen molar-refractivity contribution in [3.8, 4) is 0 Å². The Hall–Kier alpha value is -1.40. The summed E-state index contributed by atoms with van der Waals surface area (Å²) in [4.78, 5) is 19.0. The highest BCUT2D eigenvalue weighted by molar-refractivity contribution is 5.76. The average Bonchev–Trinajstić information content (AvgIpc) is 2.98. The van der Waals surface area contributed by atoms with Gasteiger partial charge in [0.15, 0.2) is 0 Å². The van der Waals surface area contributed by atoms with Gasteiger partial charge >= 0.3 is 0 Å². The Morgan fingerprint density at radius 2 is 2.21 bits per heavy atom. The number of carbonyl (C=O) groups excluding carboxylic acids is 1. The fourth-order valence-electron chi connectivity index (χ4n) is 3.27. The first-order valence-electron chi connectivity index (χ1n) is 8.92. The summed E-state index contributed by atoms with van der Waals surface area (Å²) in [6.45, 7) is 10.5. The van der Waals surface area contributed by atoms with E-state index in [-0.39, 0.29) is 11.4 Å². The topological polar surface area (TPSA) is 59.4 Å². The molecular weight excluding hydrogens is 304 g/mol. The van der Waals surface area contributed by atoms with E-state index in [4.69, 9.17) is 4.74 Å². The Morgan fingerprint density at radius 3 is 2.92 bits per heavy atom. The highest BCUT2D eigenvalue weighted by Gasteiger charge is 2.25. The monoisotopic (exact) mass is 336 g/mol. The van der Waals surface area contributed by atoms with Crippen LogP contribution in [0.15, 0.2) is 12.4 Å². The molecule has 1 N–H and O–H groups in total. The first kappa shape index (κ1) is 18.9. The number of imidazole rings is 1. The second-order valence-electron chi connectivity index (χ2n) is 7.66. The lowest BCUT2D eigenvalue weighted by Gasteiger charge is -2.32. The van der Waals surface area contributed by atoms with Gasteiger partial charge in [0.05, 0.1) is 6.61 Å². The van der Waals surface area contributed by atoms with Crippen molar-refractivity contribution in [2.75, 3.05) is 33.4 Å². The van der Waals surface area contributed by atoms with Gasteiger partial charge in [-0.15, -0.1) is 0 Å². The van der Waals surface area contributed by atoms with Gasteiger partial charge in [-0.3, -0.25) is 4.79 Å². The molecule has 2 rings (SSSR count). The molecule has 24 heavy (non-hydrogen) atoms. The Labute approximate surface area is 145 Å². The third kappa shape index (κ3) is 5.91. The molecule has 0 spiro atoms. The average molecular weight is 336 g/mol. The van der Waals surface area contributed by atoms with Gasteiger partial charge in [-0.1, -0.05) is 0 Å². The standard InChI is InChI=1S/C18H32N4O2/c1-18(2,3)20-16(23)7-10-21-9-5-6-15(14-21)17-19-8-11-22(17)12-13-24-4/h8,11,15H,5-7,9-10,12-14H2,1-4H3,(H,20,23). The van der Waals surface area contributed by atoms with E-state index in [0.717, 1.165) is 44.8 Å². The van der Waals surface area contributed by atoms with Crippen LogP contribution in [-0.2, 0) is 16.1 Å². The van der Waals surface area contributed by atoms with E-state index in [1.807, 2.05) is 33.2 Å².